The number of hydrogen-bond donors (Lipinski definition) is 1. The molecule has 7 heteroatoms. The van der Waals surface area contributed by atoms with Gasteiger partial charge in [-0.3, -0.25) is 4.79 Å². The number of hydrogen-bond acceptors (Lipinski definition) is 5. The Labute approximate surface area is 183 Å². The van der Waals surface area contributed by atoms with Crippen LogP contribution in [0.1, 0.15) is 45.9 Å². The van der Waals surface area contributed by atoms with Crippen LogP contribution in [0.25, 0.3) is 11.0 Å². The highest BCUT2D eigenvalue weighted by Crippen LogP contribution is 2.31. The summed E-state index contributed by atoms with van der Waals surface area (Å²) < 4.78 is 10.0. The molecule has 1 N–H and O–H groups in total. The molecule has 1 fully saturated rings. The third-order valence-corrected chi connectivity index (χ3v) is 6.18. The van der Waals surface area contributed by atoms with Crippen molar-refractivity contribution in [3.05, 3.63) is 36.2 Å². The predicted molar refractivity (Wildman–Crippen MR) is 122 cm³/mol. The Morgan fingerprint density at radius 1 is 1.33 bits per heavy atom. The van der Waals surface area contributed by atoms with E-state index in [1.165, 1.54) is 5.52 Å². The van der Waals surface area contributed by atoms with E-state index >= 15 is 0 Å². The first-order chi connectivity index (χ1) is 14.2. The minimum Gasteiger partial charge on any atom is -0.481 e. The van der Waals surface area contributed by atoms with Crippen molar-refractivity contribution < 1.29 is 14.6 Å². The second kappa shape index (κ2) is 9.98. The Morgan fingerprint density at radius 3 is 2.73 bits per heavy atom. The van der Waals surface area contributed by atoms with Crippen LogP contribution < -0.4 is 0 Å². The molecule has 1 aromatic heterocycles. The first-order valence-corrected chi connectivity index (χ1v) is 11.4. The van der Waals surface area contributed by atoms with Gasteiger partial charge in [0.05, 0.1) is 17.5 Å². The van der Waals surface area contributed by atoms with Crippen molar-refractivity contribution in [2.75, 3.05) is 26.8 Å². The molecule has 0 bridgehead atoms. The molecule has 0 atom stereocenters. The van der Waals surface area contributed by atoms with Crippen molar-refractivity contribution in [2.45, 2.75) is 56.9 Å². The molecule has 0 spiro atoms. The van der Waals surface area contributed by atoms with Gasteiger partial charge >= 0.3 is 5.97 Å². The molecular formula is C23H33N3O3S. The van der Waals surface area contributed by atoms with E-state index in [0.717, 1.165) is 48.8 Å². The normalized spacial score (nSPS) is 16.2. The fourth-order valence-electron chi connectivity index (χ4n) is 3.74. The summed E-state index contributed by atoms with van der Waals surface area (Å²) in [5.74, 6) is 0.962. The van der Waals surface area contributed by atoms with Gasteiger partial charge in [-0.15, -0.1) is 0 Å². The standard InChI is InChI=1S/C23H33N3O3S/c1-23(2,3)22-24-19-15-18(30-25(4)12-6-5-7-21(27)28)8-9-20(19)26(22)16-17-10-13-29-14-11-17/h5-6,8-9,15,17H,7,10-14,16H2,1-4H3,(H,27,28)/b6-5-. The van der Waals surface area contributed by atoms with Crippen LogP contribution in [0.4, 0.5) is 0 Å². The molecule has 6 nitrogen and oxygen atoms in total. The Morgan fingerprint density at radius 2 is 2.07 bits per heavy atom. The van der Waals surface area contributed by atoms with E-state index in [9.17, 15) is 4.79 Å². The van der Waals surface area contributed by atoms with Crippen molar-refractivity contribution in [1.82, 2.24) is 13.9 Å². The minimum atomic E-state index is -0.807. The number of ether oxygens (including phenoxy) is 1. The number of carbonyl (C=O) groups is 1. The van der Waals surface area contributed by atoms with Crippen molar-refractivity contribution in [3.63, 3.8) is 0 Å². The number of aromatic nitrogens is 2. The van der Waals surface area contributed by atoms with Gasteiger partial charge in [0.15, 0.2) is 0 Å². The van der Waals surface area contributed by atoms with Crippen LogP contribution in [-0.4, -0.2) is 51.7 Å². The van der Waals surface area contributed by atoms with Gasteiger partial charge in [0.25, 0.3) is 0 Å². The van der Waals surface area contributed by atoms with E-state index in [1.807, 2.05) is 13.1 Å². The minimum absolute atomic E-state index is 0.0246. The number of fused-ring (bicyclic) bond motifs is 1. The first-order valence-electron chi connectivity index (χ1n) is 10.6. The van der Waals surface area contributed by atoms with Gasteiger partial charge in [0, 0.05) is 36.6 Å². The number of rotatable bonds is 8. The number of benzene rings is 1. The lowest BCUT2D eigenvalue weighted by molar-refractivity contribution is -0.136. The summed E-state index contributed by atoms with van der Waals surface area (Å²) in [4.78, 5) is 16.8. The number of aliphatic carboxylic acids is 1. The maximum absolute atomic E-state index is 10.6. The number of carboxylic acid groups (broad SMARTS) is 1. The zero-order chi connectivity index (χ0) is 21.7. The second-order valence-electron chi connectivity index (χ2n) is 8.97. The SMILES string of the molecule is CN(C/C=C\CC(=O)O)Sc1ccc2c(c1)nc(C(C)(C)C)n2CC1CCOCC1. The van der Waals surface area contributed by atoms with E-state index in [4.69, 9.17) is 14.8 Å². The quantitative estimate of drug-likeness (QED) is 0.481. The van der Waals surface area contributed by atoms with Gasteiger partial charge in [0.2, 0.25) is 0 Å². The molecule has 0 aliphatic carbocycles. The summed E-state index contributed by atoms with van der Waals surface area (Å²) >= 11 is 1.64. The maximum atomic E-state index is 10.6. The van der Waals surface area contributed by atoms with Gasteiger partial charge in [-0.2, -0.15) is 0 Å². The smallest absolute Gasteiger partial charge is 0.307 e. The van der Waals surface area contributed by atoms with Crippen molar-refractivity contribution in [1.29, 1.82) is 0 Å². The van der Waals surface area contributed by atoms with Gasteiger partial charge in [-0.05, 0) is 56.0 Å². The predicted octanol–water partition coefficient (Wildman–Crippen LogP) is 4.73. The molecular weight excluding hydrogens is 398 g/mol. The average Bonchev–Trinajstić information content (AvgIpc) is 3.04. The van der Waals surface area contributed by atoms with E-state index in [-0.39, 0.29) is 11.8 Å². The van der Waals surface area contributed by atoms with Crippen molar-refractivity contribution >= 4 is 29.0 Å². The van der Waals surface area contributed by atoms with Crippen LogP contribution in [0.2, 0.25) is 0 Å². The zero-order valence-corrected chi connectivity index (χ0v) is 19.2. The highest BCUT2D eigenvalue weighted by atomic mass is 32.2. The largest absolute Gasteiger partial charge is 0.481 e. The fraction of sp³-hybridized carbons (Fsp3) is 0.565. The third kappa shape index (κ3) is 6.09. The summed E-state index contributed by atoms with van der Waals surface area (Å²) in [7, 11) is 2.00. The van der Waals surface area contributed by atoms with Gasteiger partial charge in [0.1, 0.15) is 5.82 Å². The molecule has 164 valence electrons. The van der Waals surface area contributed by atoms with E-state index < -0.39 is 5.97 Å². The molecule has 1 saturated heterocycles. The summed E-state index contributed by atoms with van der Waals surface area (Å²) in [6.45, 7) is 10.1. The molecule has 3 rings (SSSR count). The molecule has 2 heterocycles. The topological polar surface area (TPSA) is 67.6 Å². The van der Waals surface area contributed by atoms with E-state index in [2.05, 4.69) is 47.8 Å². The molecule has 30 heavy (non-hydrogen) atoms. The molecule has 0 amide bonds. The Kier molecular flexibility index (Phi) is 7.60. The Hall–Kier alpha value is -1.83. The van der Waals surface area contributed by atoms with Crippen LogP contribution in [0.3, 0.4) is 0 Å². The summed E-state index contributed by atoms with van der Waals surface area (Å²) in [5, 5.41) is 8.71. The molecule has 1 aliphatic heterocycles. The fourth-order valence-corrected chi connectivity index (χ4v) is 4.55. The lowest BCUT2D eigenvalue weighted by Gasteiger charge is -2.26. The van der Waals surface area contributed by atoms with Crippen LogP contribution >= 0.6 is 11.9 Å². The lowest BCUT2D eigenvalue weighted by atomic mass is 9.94. The molecule has 1 aliphatic rings. The average molecular weight is 432 g/mol. The van der Waals surface area contributed by atoms with Crippen LogP contribution in [0.15, 0.2) is 35.2 Å². The number of carboxylic acids is 1. The van der Waals surface area contributed by atoms with Gasteiger partial charge < -0.3 is 14.4 Å². The molecule has 0 radical (unpaired) electrons. The highest BCUT2D eigenvalue weighted by Gasteiger charge is 2.25. The van der Waals surface area contributed by atoms with Gasteiger partial charge in [-0.25, -0.2) is 9.29 Å². The van der Waals surface area contributed by atoms with E-state index in [1.54, 1.807) is 18.0 Å². The first kappa shape index (κ1) is 22.8. The lowest BCUT2D eigenvalue weighted by Crippen LogP contribution is -2.25. The second-order valence-corrected chi connectivity index (χ2v) is 10.3. The van der Waals surface area contributed by atoms with E-state index in [0.29, 0.717) is 12.5 Å². The van der Waals surface area contributed by atoms with Crippen molar-refractivity contribution in [2.24, 2.45) is 5.92 Å². The van der Waals surface area contributed by atoms with Crippen LogP contribution in [0, 0.1) is 5.92 Å². The monoisotopic (exact) mass is 431 g/mol. The molecule has 0 saturated carbocycles. The van der Waals surface area contributed by atoms with Crippen molar-refractivity contribution in [3.8, 4) is 0 Å². The zero-order valence-electron chi connectivity index (χ0n) is 18.4. The number of likely N-dealkylation sites (N-methyl/N-ethyl adjacent to an activating group) is 1. The van der Waals surface area contributed by atoms with Crippen LogP contribution in [0.5, 0.6) is 0 Å². The summed E-state index contributed by atoms with van der Waals surface area (Å²) in [6.07, 6.45) is 5.86. The molecule has 0 unspecified atom stereocenters. The molecule has 1 aromatic carbocycles. The summed E-state index contributed by atoms with van der Waals surface area (Å²) in [5.41, 5.74) is 2.20. The highest BCUT2D eigenvalue weighted by molar-refractivity contribution is 7.97. The summed E-state index contributed by atoms with van der Waals surface area (Å²) in [6, 6.07) is 6.50. The maximum Gasteiger partial charge on any atom is 0.307 e. The Balaban J connectivity index is 1.78. The number of nitrogens with zero attached hydrogens (tertiary/aromatic N) is 3. The number of imidazole rings is 1. The van der Waals surface area contributed by atoms with Crippen LogP contribution in [-0.2, 0) is 21.5 Å². The Bertz CT molecular complexity index is 895. The third-order valence-electron chi connectivity index (χ3n) is 5.26. The van der Waals surface area contributed by atoms with Gasteiger partial charge in [-0.1, -0.05) is 32.9 Å². The molecule has 2 aromatic rings.